The Morgan fingerprint density at radius 3 is 3.00 bits per heavy atom. The first kappa shape index (κ1) is 9.13. The van der Waals surface area contributed by atoms with E-state index in [9.17, 15) is 0 Å². The molecule has 1 aromatic rings. The van der Waals surface area contributed by atoms with E-state index >= 15 is 0 Å². The summed E-state index contributed by atoms with van der Waals surface area (Å²) in [6, 6.07) is 0. The normalized spacial score (nSPS) is 10.5. The minimum absolute atomic E-state index is 0.934. The minimum Gasteiger partial charge on any atom is -0.333 e. The third-order valence-electron chi connectivity index (χ3n) is 1.44. The van der Waals surface area contributed by atoms with Gasteiger partial charge in [-0.1, -0.05) is 0 Å². The van der Waals surface area contributed by atoms with Crippen molar-refractivity contribution in [2.45, 2.75) is 19.2 Å². The van der Waals surface area contributed by atoms with Crippen molar-refractivity contribution in [3.8, 4) is 0 Å². The summed E-state index contributed by atoms with van der Waals surface area (Å²) in [5.74, 6) is 2.13. The van der Waals surface area contributed by atoms with Crippen molar-refractivity contribution in [2.75, 3.05) is 6.26 Å². The molecule has 1 heterocycles. The fourth-order valence-corrected chi connectivity index (χ4v) is 1.88. The molecule has 0 unspecified atom stereocenters. The van der Waals surface area contributed by atoms with Gasteiger partial charge in [0.25, 0.3) is 0 Å². The molecule has 1 aromatic heterocycles. The molecule has 0 aromatic carbocycles. The van der Waals surface area contributed by atoms with Gasteiger partial charge in [0.1, 0.15) is 10.4 Å². The molecular formula is C7H11BrN2S. The zero-order valence-electron chi connectivity index (χ0n) is 6.67. The SMILES string of the molecule is CCn1cc(Br)nc1CSC. The molecular weight excluding hydrogens is 224 g/mol. The Morgan fingerprint density at radius 1 is 1.73 bits per heavy atom. The van der Waals surface area contributed by atoms with Crippen molar-refractivity contribution < 1.29 is 0 Å². The fourth-order valence-electron chi connectivity index (χ4n) is 0.938. The summed E-state index contributed by atoms with van der Waals surface area (Å²) in [7, 11) is 0. The summed E-state index contributed by atoms with van der Waals surface area (Å²) in [5.41, 5.74) is 0. The summed E-state index contributed by atoms with van der Waals surface area (Å²) in [6.07, 6.45) is 4.11. The maximum Gasteiger partial charge on any atom is 0.124 e. The summed E-state index contributed by atoms with van der Waals surface area (Å²) in [6.45, 7) is 3.12. The van der Waals surface area contributed by atoms with Crippen LogP contribution in [-0.4, -0.2) is 15.8 Å². The van der Waals surface area contributed by atoms with Crippen LogP contribution in [0.5, 0.6) is 0 Å². The Morgan fingerprint density at radius 2 is 2.45 bits per heavy atom. The summed E-state index contributed by atoms with van der Waals surface area (Å²) in [5, 5.41) is 0. The van der Waals surface area contributed by atoms with Crippen molar-refractivity contribution >= 4 is 27.7 Å². The van der Waals surface area contributed by atoms with Gasteiger partial charge in [0, 0.05) is 12.7 Å². The summed E-state index contributed by atoms with van der Waals surface area (Å²) in [4.78, 5) is 4.33. The Hall–Kier alpha value is 0.0400. The van der Waals surface area contributed by atoms with E-state index < -0.39 is 0 Å². The highest BCUT2D eigenvalue weighted by Crippen LogP contribution is 2.13. The van der Waals surface area contributed by atoms with E-state index in [0.717, 1.165) is 22.7 Å². The van der Waals surface area contributed by atoms with Crippen LogP contribution in [0.4, 0.5) is 0 Å². The highest BCUT2D eigenvalue weighted by molar-refractivity contribution is 9.10. The quantitative estimate of drug-likeness (QED) is 0.801. The number of nitrogens with zero attached hydrogens (tertiary/aromatic N) is 2. The van der Waals surface area contributed by atoms with Crippen molar-refractivity contribution in [3.05, 3.63) is 16.6 Å². The zero-order chi connectivity index (χ0) is 8.27. The molecule has 0 aliphatic rings. The first-order valence-electron chi connectivity index (χ1n) is 3.48. The van der Waals surface area contributed by atoms with Gasteiger partial charge in [-0.3, -0.25) is 0 Å². The molecule has 0 fully saturated rings. The zero-order valence-corrected chi connectivity index (χ0v) is 9.07. The second-order valence-corrected chi connectivity index (χ2v) is 3.88. The van der Waals surface area contributed by atoms with Gasteiger partial charge >= 0.3 is 0 Å². The van der Waals surface area contributed by atoms with Gasteiger partial charge in [0.15, 0.2) is 0 Å². The van der Waals surface area contributed by atoms with E-state index in [1.165, 1.54) is 0 Å². The van der Waals surface area contributed by atoms with Gasteiger partial charge in [-0.2, -0.15) is 11.8 Å². The van der Waals surface area contributed by atoms with Crippen LogP contribution in [0.2, 0.25) is 0 Å². The maximum absolute atomic E-state index is 4.33. The number of imidazole rings is 1. The molecule has 2 nitrogen and oxygen atoms in total. The number of hydrogen-bond acceptors (Lipinski definition) is 2. The molecule has 0 bridgehead atoms. The van der Waals surface area contributed by atoms with Crippen LogP contribution >= 0.6 is 27.7 Å². The highest BCUT2D eigenvalue weighted by Gasteiger charge is 2.02. The van der Waals surface area contributed by atoms with Crippen LogP contribution < -0.4 is 0 Å². The Labute approximate surface area is 79.5 Å². The summed E-state index contributed by atoms with van der Waals surface area (Å²) < 4.78 is 3.09. The summed E-state index contributed by atoms with van der Waals surface area (Å²) >= 11 is 5.15. The molecule has 0 radical (unpaired) electrons. The molecule has 0 amide bonds. The van der Waals surface area contributed by atoms with Gasteiger partial charge in [-0.05, 0) is 29.1 Å². The average Bonchev–Trinajstić information content (AvgIpc) is 2.32. The molecule has 0 aliphatic carbocycles. The van der Waals surface area contributed by atoms with Crippen LogP contribution in [0.15, 0.2) is 10.8 Å². The van der Waals surface area contributed by atoms with E-state index in [1.807, 2.05) is 6.20 Å². The number of rotatable bonds is 3. The third kappa shape index (κ3) is 2.24. The number of thioether (sulfide) groups is 1. The van der Waals surface area contributed by atoms with Crippen LogP contribution in [0.1, 0.15) is 12.7 Å². The molecule has 1 rings (SSSR count). The molecule has 62 valence electrons. The van der Waals surface area contributed by atoms with Crippen LogP contribution in [0.3, 0.4) is 0 Å². The largest absolute Gasteiger partial charge is 0.333 e. The van der Waals surface area contributed by atoms with E-state index in [2.05, 4.69) is 38.7 Å². The van der Waals surface area contributed by atoms with Gasteiger partial charge in [-0.25, -0.2) is 4.98 Å². The Bertz CT molecular complexity index is 234. The Kier molecular flexibility index (Phi) is 3.45. The second-order valence-electron chi connectivity index (χ2n) is 2.20. The molecule has 0 saturated carbocycles. The molecule has 0 spiro atoms. The smallest absolute Gasteiger partial charge is 0.124 e. The van der Waals surface area contributed by atoms with Gasteiger partial charge < -0.3 is 4.57 Å². The molecule has 0 aliphatic heterocycles. The predicted molar refractivity (Wildman–Crippen MR) is 52.8 cm³/mol. The lowest BCUT2D eigenvalue weighted by atomic mass is 10.6. The van der Waals surface area contributed by atoms with E-state index in [0.29, 0.717) is 0 Å². The van der Waals surface area contributed by atoms with Crippen molar-refractivity contribution in [2.24, 2.45) is 0 Å². The second kappa shape index (κ2) is 4.16. The number of halogens is 1. The fraction of sp³-hybridized carbons (Fsp3) is 0.571. The lowest BCUT2D eigenvalue weighted by Gasteiger charge is -2.00. The van der Waals surface area contributed by atoms with E-state index in [-0.39, 0.29) is 0 Å². The molecule has 0 atom stereocenters. The molecule has 0 saturated heterocycles. The first-order chi connectivity index (χ1) is 5.27. The number of aryl methyl sites for hydroxylation is 1. The predicted octanol–water partition coefficient (Wildman–Crippen LogP) is 2.53. The van der Waals surface area contributed by atoms with Crippen LogP contribution in [0, 0.1) is 0 Å². The average molecular weight is 235 g/mol. The molecule has 4 heteroatoms. The van der Waals surface area contributed by atoms with Crippen molar-refractivity contribution in [1.82, 2.24) is 9.55 Å². The minimum atomic E-state index is 0.934. The topological polar surface area (TPSA) is 17.8 Å². The van der Waals surface area contributed by atoms with Gasteiger partial charge in [0.2, 0.25) is 0 Å². The standard InChI is InChI=1S/C7H11BrN2S/c1-3-10-4-6(8)9-7(10)5-11-2/h4H,3,5H2,1-2H3. The lowest BCUT2D eigenvalue weighted by molar-refractivity contribution is 0.726. The lowest BCUT2D eigenvalue weighted by Crippen LogP contribution is -1.98. The molecule has 0 N–H and O–H groups in total. The number of aromatic nitrogens is 2. The van der Waals surface area contributed by atoms with Crippen molar-refractivity contribution in [3.63, 3.8) is 0 Å². The van der Waals surface area contributed by atoms with Crippen LogP contribution in [0.25, 0.3) is 0 Å². The van der Waals surface area contributed by atoms with Gasteiger partial charge in [0.05, 0.1) is 5.75 Å². The van der Waals surface area contributed by atoms with E-state index in [1.54, 1.807) is 11.8 Å². The highest BCUT2D eigenvalue weighted by atomic mass is 79.9. The monoisotopic (exact) mass is 234 g/mol. The molecule has 11 heavy (non-hydrogen) atoms. The Balaban J connectivity index is 2.83. The van der Waals surface area contributed by atoms with E-state index in [4.69, 9.17) is 0 Å². The third-order valence-corrected chi connectivity index (χ3v) is 2.37. The van der Waals surface area contributed by atoms with Crippen LogP contribution in [-0.2, 0) is 12.3 Å². The number of hydrogen-bond donors (Lipinski definition) is 0. The van der Waals surface area contributed by atoms with Crippen molar-refractivity contribution in [1.29, 1.82) is 0 Å². The first-order valence-corrected chi connectivity index (χ1v) is 5.67. The maximum atomic E-state index is 4.33. The van der Waals surface area contributed by atoms with Gasteiger partial charge in [-0.15, -0.1) is 0 Å².